The van der Waals surface area contributed by atoms with Crippen molar-refractivity contribution < 1.29 is 0 Å². The molecule has 0 spiro atoms. The number of hydrogen-bond donors (Lipinski definition) is 1. The summed E-state index contributed by atoms with van der Waals surface area (Å²) in [6.07, 6.45) is 0. The topological polar surface area (TPSA) is 15.3 Å². The first kappa shape index (κ1) is 18.8. The maximum absolute atomic E-state index is 6.01. The van der Waals surface area contributed by atoms with E-state index in [1.807, 2.05) is 23.5 Å². The molecule has 2 heterocycles. The lowest BCUT2D eigenvalue weighted by Crippen LogP contribution is -2.45. The van der Waals surface area contributed by atoms with Crippen LogP contribution >= 0.6 is 47.8 Å². The molecule has 21 heavy (non-hydrogen) atoms. The second-order valence-electron chi connectivity index (χ2n) is 4.76. The van der Waals surface area contributed by atoms with E-state index in [0.717, 1.165) is 31.2 Å². The highest BCUT2D eigenvalue weighted by molar-refractivity contribution is 7.10. The summed E-state index contributed by atoms with van der Waals surface area (Å²) >= 11 is 7.83. The maximum atomic E-state index is 6.01. The first-order valence-electron chi connectivity index (χ1n) is 6.58. The quantitative estimate of drug-likeness (QED) is 0.875. The van der Waals surface area contributed by atoms with Gasteiger partial charge in [-0.2, -0.15) is 0 Å². The normalized spacial score (nSPS) is 16.6. The van der Waals surface area contributed by atoms with Crippen molar-refractivity contribution in [1.82, 2.24) is 10.2 Å². The highest BCUT2D eigenvalue weighted by Gasteiger charge is 2.24. The minimum atomic E-state index is 0. The summed E-state index contributed by atoms with van der Waals surface area (Å²) < 4.78 is 0. The number of nitrogens with one attached hydrogen (secondary N) is 1. The molecular formula is C15H19Cl3N2S. The summed E-state index contributed by atoms with van der Waals surface area (Å²) in [6.45, 7) is 4.31. The molecule has 1 aliphatic rings. The van der Waals surface area contributed by atoms with Crippen molar-refractivity contribution in [2.24, 2.45) is 0 Å². The number of rotatable bonds is 3. The van der Waals surface area contributed by atoms with Crippen LogP contribution in [0.5, 0.6) is 0 Å². The minimum Gasteiger partial charge on any atom is -0.314 e. The van der Waals surface area contributed by atoms with Gasteiger partial charge in [0.15, 0.2) is 0 Å². The van der Waals surface area contributed by atoms with Crippen LogP contribution in [0.1, 0.15) is 16.5 Å². The van der Waals surface area contributed by atoms with E-state index in [9.17, 15) is 0 Å². The van der Waals surface area contributed by atoms with Gasteiger partial charge in [-0.1, -0.05) is 29.8 Å². The van der Waals surface area contributed by atoms with Gasteiger partial charge in [0.1, 0.15) is 0 Å². The van der Waals surface area contributed by atoms with Crippen LogP contribution in [0.25, 0.3) is 0 Å². The number of halogens is 3. The molecule has 0 aliphatic carbocycles. The third-order valence-corrected chi connectivity index (χ3v) is 4.69. The fraction of sp³-hybridized carbons (Fsp3) is 0.333. The van der Waals surface area contributed by atoms with Crippen LogP contribution < -0.4 is 5.32 Å². The summed E-state index contributed by atoms with van der Waals surface area (Å²) in [5, 5.41) is 6.37. The van der Waals surface area contributed by atoms with Gasteiger partial charge >= 0.3 is 0 Å². The molecule has 1 aromatic heterocycles. The number of nitrogens with zero attached hydrogens (tertiary/aromatic N) is 1. The summed E-state index contributed by atoms with van der Waals surface area (Å²) in [5.41, 5.74) is 1.33. The van der Waals surface area contributed by atoms with Crippen molar-refractivity contribution in [2.45, 2.75) is 6.04 Å². The molecule has 2 nitrogen and oxygen atoms in total. The Morgan fingerprint density at radius 2 is 1.71 bits per heavy atom. The molecule has 0 saturated carbocycles. The third-order valence-electron chi connectivity index (χ3n) is 3.52. The Morgan fingerprint density at radius 1 is 1.05 bits per heavy atom. The first-order valence-corrected chi connectivity index (χ1v) is 7.84. The average molecular weight is 366 g/mol. The van der Waals surface area contributed by atoms with E-state index in [1.54, 1.807) is 0 Å². The van der Waals surface area contributed by atoms with Crippen molar-refractivity contribution >= 4 is 47.8 Å². The lowest BCUT2D eigenvalue weighted by atomic mass is 10.0. The monoisotopic (exact) mass is 364 g/mol. The molecule has 1 saturated heterocycles. The minimum absolute atomic E-state index is 0. The molecule has 6 heteroatoms. The molecule has 0 radical (unpaired) electrons. The van der Waals surface area contributed by atoms with Gasteiger partial charge in [0.25, 0.3) is 0 Å². The van der Waals surface area contributed by atoms with Crippen LogP contribution in [0.3, 0.4) is 0 Å². The van der Waals surface area contributed by atoms with Gasteiger partial charge in [-0.25, -0.2) is 0 Å². The number of hydrogen-bond acceptors (Lipinski definition) is 3. The maximum Gasteiger partial charge on any atom is 0.0696 e. The van der Waals surface area contributed by atoms with E-state index in [4.69, 9.17) is 11.6 Å². The van der Waals surface area contributed by atoms with Gasteiger partial charge in [-0.15, -0.1) is 36.2 Å². The van der Waals surface area contributed by atoms with Gasteiger partial charge in [0.05, 0.1) is 6.04 Å². The van der Waals surface area contributed by atoms with Crippen molar-refractivity contribution in [1.29, 1.82) is 0 Å². The molecule has 2 aromatic rings. The van der Waals surface area contributed by atoms with Crippen LogP contribution in [0, 0.1) is 0 Å². The summed E-state index contributed by atoms with van der Waals surface area (Å²) in [4.78, 5) is 3.95. The molecule has 1 aliphatic heterocycles. The second-order valence-corrected chi connectivity index (χ2v) is 6.17. The van der Waals surface area contributed by atoms with Crippen molar-refractivity contribution in [3.63, 3.8) is 0 Å². The summed E-state index contributed by atoms with van der Waals surface area (Å²) in [7, 11) is 0. The molecule has 1 fully saturated rings. The predicted molar refractivity (Wildman–Crippen MR) is 96.6 cm³/mol. The first-order chi connectivity index (χ1) is 9.34. The molecule has 1 N–H and O–H groups in total. The van der Waals surface area contributed by atoms with E-state index in [-0.39, 0.29) is 24.8 Å². The van der Waals surface area contributed by atoms with Crippen molar-refractivity contribution in [3.8, 4) is 0 Å². The zero-order valence-electron chi connectivity index (χ0n) is 11.5. The van der Waals surface area contributed by atoms with E-state index < -0.39 is 0 Å². The molecule has 0 amide bonds. The van der Waals surface area contributed by atoms with E-state index in [2.05, 4.69) is 39.9 Å². The van der Waals surface area contributed by atoms with Gasteiger partial charge in [0, 0.05) is 36.1 Å². The molecule has 1 atom stereocenters. The highest BCUT2D eigenvalue weighted by atomic mass is 35.5. The highest BCUT2D eigenvalue weighted by Crippen LogP contribution is 2.32. The van der Waals surface area contributed by atoms with Crippen molar-refractivity contribution in [3.05, 3.63) is 57.2 Å². The van der Waals surface area contributed by atoms with Crippen LogP contribution in [-0.2, 0) is 0 Å². The number of piperazine rings is 1. The lowest BCUT2D eigenvalue weighted by molar-refractivity contribution is 0.200. The lowest BCUT2D eigenvalue weighted by Gasteiger charge is -2.34. The second kappa shape index (κ2) is 8.99. The fourth-order valence-electron chi connectivity index (χ4n) is 2.59. The number of benzene rings is 1. The van der Waals surface area contributed by atoms with E-state index in [1.165, 1.54) is 10.4 Å². The molecule has 0 bridgehead atoms. The standard InChI is InChI=1S/C15H17ClN2S.2ClH/c16-13-5-3-12(4-6-13)15(14-2-1-11-19-14)18-9-7-17-8-10-18;;/h1-6,11,15,17H,7-10H2;2*1H/t15-;;/m1../s1. The SMILES string of the molecule is Cl.Cl.Clc1ccc([C@H](c2cccs2)N2CCNCC2)cc1. The Morgan fingerprint density at radius 3 is 2.29 bits per heavy atom. The predicted octanol–water partition coefficient (Wildman–Crippen LogP) is 4.24. The number of thiophene rings is 1. The van der Waals surface area contributed by atoms with Crippen LogP contribution in [-0.4, -0.2) is 31.1 Å². The average Bonchev–Trinajstić information content (AvgIpc) is 2.96. The third kappa shape index (κ3) is 4.59. The Balaban J connectivity index is 0.00000110. The van der Waals surface area contributed by atoms with Crippen LogP contribution in [0.4, 0.5) is 0 Å². The van der Waals surface area contributed by atoms with Crippen molar-refractivity contribution in [2.75, 3.05) is 26.2 Å². The molecule has 116 valence electrons. The summed E-state index contributed by atoms with van der Waals surface area (Å²) in [6, 6.07) is 13.0. The van der Waals surface area contributed by atoms with Crippen LogP contribution in [0.2, 0.25) is 5.02 Å². The van der Waals surface area contributed by atoms with Crippen LogP contribution in [0.15, 0.2) is 41.8 Å². The van der Waals surface area contributed by atoms with E-state index >= 15 is 0 Å². The fourth-order valence-corrected chi connectivity index (χ4v) is 3.60. The Labute approximate surface area is 147 Å². The van der Waals surface area contributed by atoms with E-state index in [0.29, 0.717) is 6.04 Å². The van der Waals surface area contributed by atoms with Gasteiger partial charge < -0.3 is 5.32 Å². The molecule has 3 rings (SSSR count). The zero-order chi connectivity index (χ0) is 13.1. The largest absolute Gasteiger partial charge is 0.314 e. The van der Waals surface area contributed by atoms with Gasteiger partial charge in [-0.05, 0) is 29.1 Å². The van der Waals surface area contributed by atoms with Gasteiger partial charge in [-0.3, -0.25) is 4.90 Å². The Hall–Kier alpha value is -0.290. The smallest absolute Gasteiger partial charge is 0.0696 e. The Bertz CT molecular complexity index is 510. The Kier molecular flexibility index (Phi) is 8.03. The molecule has 0 unspecified atom stereocenters. The summed E-state index contributed by atoms with van der Waals surface area (Å²) in [5.74, 6) is 0. The molecular weight excluding hydrogens is 347 g/mol. The molecule has 1 aromatic carbocycles. The zero-order valence-corrected chi connectivity index (χ0v) is 14.7. The van der Waals surface area contributed by atoms with Gasteiger partial charge in [0.2, 0.25) is 0 Å².